The quantitative estimate of drug-likeness (QED) is 0.410. The van der Waals surface area contributed by atoms with Gasteiger partial charge < -0.3 is 25.7 Å². The van der Waals surface area contributed by atoms with Gasteiger partial charge in [0.25, 0.3) is 0 Å². The topological polar surface area (TPSA) is 127 Å². The summed E-state index contributed by atoms with van der Waals surface area (Å²) in [7, 11) is 0. The van der Waals surface area contributed by atoms with Crippen molar-refractivity contribution in [1.82, 2.24) is 5.32 Å². The number of nitrogens with one attached hydrogen (secondary N) is 1. The van der Waals surface area contributed by atoms with Crippen LogP contribution in [0.25, 0.3) is 0 Å². The van der Waals surface area contributed by atoms with Crippen LogP contribution in [0.3, 0.4) is 0 Å². The molecule has 4 aliphatic rings. The fourth-order valence-corrected chi connectivity index (χ4v) is 8.95. The van der Waals surface area contributed by atoms with E-state index < -0.39 is 12.1 Å². The third kappa shape index (κ3) is 4.23. The predicted molar refractivity (Wildman–Crippen MR) is 123 cm³/mol. The Labute approximate surface area is 197 Å². The third-order valence-corrected chi connectivity index (χ3v) is 10.8. The number of carbonyl (C=O) groups excluding carboxylic acids is 1. The molecule has 188 valence electrons. The first-order chi connectivity index (χ1) is 15.5. The number of aliphatic hydroxyl groups is 3. The maximum Gasteiger partial charge on any atom is 0.322 e. The molecule has 4 fully saturated rings. The van der Waals surface area contributed by atoms with Crippen LogP contribution < -0.4 is 5.32 Å². The first-order valence-corrected chi connectivity index (χ1v) is 13.0. The zero-order chi connectivity index (χ0) is 24.1. The van der Waals surface area contributed by atoms with E-state index in [4.69, 9.17) is 5.11 Å². The standard InChI is InChI=1S/C26H43NO6/c1-14(4-7-22(31)27-13-23(32)33)17-5-6-18-24-19(12-21(30)26(17,18)3)25(2)9-8-16(28)10-15(25)11-20(24)29/h14-21,24,28-30H,4-13H2,1-3H3,(H,27,31)(H,32,33)/t14?,15-,16+,17+,18-,19-,20+,21-,24-,25?,26?/m0/s1. The van der Waals surface area contributed by atoms with E-state index in [1.165, 1.54) is 0 Å². The lowest BCUT2D eigenvalue weighted by atomic mass is 9.43. The van der Waals surface area contributed by atoms with Crippen LogP contribution >= 0.6 is 0 Å². The van der Waals surface area contributed by atoms with E-state index in [1.54, 1.807) is 0 Å². The van der Waals surface area contributed by atoms with Crippen molar-refractivity contribution in [2.24, 2.45) is 46.3 Å². The summed E-state index contributed by atoms with van der Waals surface area (Å²) in [5.41, 5.74) is -0.214. The van der Waals surface area contributed by atoms with Gasteiger partial charge in [0.05, 0.1) is 18.3 Å². The number of carbonyl (C=O) groups is 2. The Morgan fingerprint density at radius 3 is 2.45 bits per heavy atom. The molecule has 0 aromatic heterocycles. The van der Waals surface area contributed by atoms with E-state index in [1.807, 2.05) is 0 Å². The maximum atomic E-state index is 12.0. The molecule has 33 heavy (non-hydrogen) atoms. The molecule has 0 aromatic carbocycles. The summed E-state index contributed by atoms with van der Waals surface area (Å²) in [6, 6.07) is 0. The van der Waals surface area contributed by atoms with E-state index in [9.17, 15) is 24.9 Å². The summed E-state index contributed by atoms with van der Waals surface area (Å²) in [5.74, 6) is 0.265. The van der Waals surface area contributed by atoms with Gasteiger partial charge in [-0.2, -0.15) is 0 Å². The SMILES string of the molecule is CC(CCC(=O)NCC(=O)O)[C@H]1CC[C@H]2[C@@H]3[C@H](O)C[C@@H]4C[C@H](O)CCC4(C)[C@H]3C[C@H](O)C12C. The first-order valence-electron chi connectivity index (χ1n) is 13.0. The van der Waals surface area contributed by atoms with Gasteiger partial charge in [0, 0.05) is 6.42 Å². The lowest BCUT2D eigenvalue weighted by Crippen LogP contribution is -2.62. The fraction of sp³-hybridized carbons (Fsp3) is 0.923. The number of fused-ring (bicyclic) bond motifs is 5. The molecule has 11 atom stereocenters. The van der Waals surface area contributed by atoms with Gasteiger partial charge in [-0.3, -0.25) is 9.59 Å². The molecule has 7 heteroatoms. The molecule has 7 nitrogen and oxygen atoms in total. The molecule has 4 aliphatic carbocycles. The summed E-state index contributed by atoms with van der Waals surface area (Å²) < 4.78 is 0. The number of rotatable bonds is 6. The van der Waals surface area contributed by atoms with Gasteiger partial charge >= 0.3 is 5.97 Å². The van der Waals surface area contributed by atoms with Gasteiger partial charge in [0.15, 0.2) is 0 Å². The minimum atomic E-state index is -1.04. The molecule has 0 radical (unpaired) electrons. The molecule has 0 aromatic rings. The molecule has 4 rings (SSSR count). The lowest BCUT2D eigenvalue weighted by Gasteiger charge is -2.63. The second-order valence-electron chi connectivity index (χ2n) is 12.2. The van der Waals surface area contributed by atoms with Gasteiger partial charge in [0.1, 0.15) is 6.54 Å². The number of hydrogen-bond acceptors (Lipinski definition) is 5. The molecule has 1 amide bonds. The van der Waals surface area contributed by atoms with E-state index in [0.29, 0.717) is 25.2 Å². The highest BCUT2D eigenvalue weighted by atomic mass is 16.4. The summed E-state index contributed by atoms with van der Waals surface area (Å²) in [6.45, 7) is 6.35. The first kappa shape index (κ1) is 24.9. The lowest BCUT2D eigenvalue weighted by molar-refractivity contribution is -0.207. The van der Waals surface area contributed by atoms with Crippen LogP contribution in [0, 0.1) is 46.3 Å². The van der Waals surface area contributed by atoms with Crippen molar-refractivity contribution >= 4 is 11.9 Å². The monoisotopic (exact) mass is 465 g/mol. The Kier molecular flexibility index (Phi) is 6.89. The minimum absolute atomic E-state index is 0.0668. The second-order valence-corrected chi connectivity index (χ2v) is 12.2. The van der Waals surface area contributed by atoms with Crippen LogP contribution in [0.5, 0.6) is 0 Å². The maximum absolute atomic E-state index is 12.0. The molecule has 0 saturated heterocycles. The zero-order valence-corrected chi connectivity index (χ0v) is 20.4. The van der Waals surface area contributed by atoms with E-state index in [2.05, 4.69) is 26.1 Å². The molecular formula is C26H43NO6. The van der Waals surface area contributed by atoms with Crippen molar-refractivity contribution in [3.8, 4) is 0 Å². The smallest absolute Gasteiger partial charge is 0.322 e. The highest BCUT2D eigenvalue weighted by Crippen LogP contribution is 2.68. The Bertz CT molecular complexity index is 759. The van der Waals surface area contributed by atoms with Crippen molar-refractivity contribution in [3.63, 3.8) is 0 Å². The molecule has 4 saturated carbocycles. The summed E-state index contributed by atoms with van der Waals surface area (Å²) in [4.78, 5) is 22.7. The zero-order valence-electron chi connectivity index (χ0n) is 20.4. The predicted octanol–water partition coefficient (Wildman–Crippen LogP) is 2.56. The highest BCUT2D eigenvalue weighted by molar-refractivity contribution is 5.81. The van der Waals surface area contributed by atoms with E-state index in [0.717, 1.165) is 38.5 Å². The van der Waals surface area contributed by atoms with Crippen molar-refractivity contribution in [2.45, 2.75) is 96.9 Å². The van der Waals surface area contributed by atoms with Gasteiger partial charge in [0.2, 0.25) is 5.91 Å². The number of hydrogen-bond donors (Lipinski definition) is 5. The van der Waals surface area contributed by atoms with Gasteiger partial charge in [-0.05, 0) is 97.7 Å². The average molecular weight is 466 g/mol. The number of carboxylic acid groups (broad SMARTS) is 1. The minimum Gasteiger partial charge on any atom is -0.480 e. The van der Waals surface area contributed by atoms with Gasteiger partial charge in [-0.15, -0.1) is 0 Å². The van der Waals surface area contributed by atoms with E-state index >= 15 is 0 Å². The molecule has 5 N–H and O–H groups in total. The molecule has 0 bridgehead atoms. The number of aliphatic hydroxyl groups excluding tert-OH is 3. The van der Waals surface area contributed by atoms with Crippen molar-refractivity contribution in [3.05, 3.63) is 0 Å². The summed E-state index contributed by atoms with van der Waals surface area (Å²) >= 11 is 0. The van der Waals surface area contributed by atoms with Crippen molar-refractivity contribution in [2.75, 3.05) is 6.54 Å². The Morgan fingerprint density at radius 2 is 1.76 bits per heavy atom. The van der Waals surface area contributed by atoms with Crippen LogP contribution in [0.4, 0.5) is 0 Å². The average Bonchev–Trinajstić information content (AvgIpc) is 3.11. The van der Waals surface area contributed by atoms with E-state index in [-0.39, 0.29) is 65.1 Å². The Hall–Kier alpha value is -1.18. The van der Waals surface area contributed by atoms with Crippen LogP contribution in [0.15, 0.2) is 0 Å². The number of carboxylic acids is 1. The van der Waals surface area contributed by atoms with Crippen LogP contribution in [0.1, 0.15) is 78.6 Å². The molecule has 3 unspecified atom stereocenters. The van der Waals surface area contributed by atoms with Crippen molar-refractivity contribution < 1.29 is 30.0 Å². The second kappa shape index (κ2) is 9.12. The van der Waals surface area contributed by atoms with Crippen LogP contribution in [-0.4, -0.2) is 57.2 Å². The van der Waals surface area contributed by atoms with Crippen LogP contribution in [-0.2, 0) is 9.59 Å². The normalized spacial score (nSPS) is 47.7. The molecular weight excluding hydrogens is 422 g/mol. The Balaban J connectivity index is 1.49. The van der Waals surface area contributed by atoms with Gasteiger partial charge in [-0.1, -0.05) is 20.8 Å². The largest absolute Gasteiger partial charge is 0.480 e. The third-order valence-electron chi connectivity index (χ3n) is 10.8. The molecule has 0 aliphatic heterocycles. The summed E-state index contributed by atoms with van der Waals surface area (Å²) in [5, 5.41) is 44.4. The fourth-order valence-electron chi connectivity index (χ4n) is 8.95. The van der Waals surface area contributed by atoms with Crippen LogP contribution in [0.2, 0.25) is 0 Å². The van der Waals surface area contributed by atoms with Crippen molar-refractivity contribution in [1.29, 1.82) is 0 Å². The summed E-state index contributed by atoms with van der Waals surface area (Å²) in [6.07, 6.45) is 5.86. The highest BCUT2D eigenvalue weighted by Gasteiger charge is 2.65. The molecule has 0 heterocycles. The Morgan fingerprint density at radius 1 is 1.03 bits per heavy atom. The number of aliphatic carboxylic acids is 1. The number of amides is 1. The molecule has 0 spiro atoms. The van der Waals surface area contributed by atoms with Gasteiger partial charge in [-0.25, -0.2) is 0 Å².